The Hall–Kier alpha value is -1.86. The smallest absolute Gasteiger partial charge is 0.279 e. The molecule has 21 heavy (non-hydrogen) atoms. The van der Waals surface area contributed by atoms with Crippen LogP contribution in [0.3, 0.4) is 0 Å². The van der Waals surface area contributed by atoms with E-state index in [4.69, 9.17) is 0 Å². The zero-order valence-corrected chi connectivity index (χ0v) is 13.1. The maximum absolute atomic E-state index is 11.1. The van der Waals surface area contributed by atoms with Gasteiger partial charge in [0.15, 0.2) is 5.01 Å². The maximum atomic E-state index is 11.1. The lowest BCUT2D eigenvalue weighted by Crippen LogP contribution is -2.18. The third-order valence-corrected chi connectivity index (χ3v) is 3.83. The van der Waals surface area contributed by atoms with Gasteiger partial charge in [-0.2, -0.15) is 0 Å². The van der Waals surface area contributed by atoms with Crippen LogP contribution in [0, 0.1) is 23.0 Å². The number of nitrogens with one attached hydrogen (secondary N) is 1. The largest absolute Gasteiger partial charge is 0.310 e. The van der Waals surface area contributed by atoms with E-state index in [0.29, 0.717) is 23.0 Å². The topological polar surface area (TPSA) is 81.0 Å². The second-order valence-corrected chi connectivity index (χ2v) is 6.37. The van der Waals surface area contributed by atoms with Crippen LogP contribution in [0.25, 0.3) is 10.6 Å². The van der Waals surface area contributed by atoms with Crippen LogP contribution in [0.15, 0.2) is 18.2 Å². The summed E-state index contributed by atoms with van der Waals surface area (Å²) in [5.74, 6) is 0.565. The molecule has 0 aliphatic heterocycles. The van der Waals surface area contributed by atoms with Gasteiger partial charge in [0.1, 0.15) is 5.01 Å². The minimum absolute atomic E-state index is 0.0680. The van der Waals surface area contributed by atoms with Gasteiger partial charge in [0.25, 0.3) is 5.69 Å². The van der Waals surface area contributed by atoms with E-state index in [0.717, 1.165) is 17.1 Å². The highest BCUT2D eigenvalue weighted by atomic mass is 32.1. The van der Waals surface area contributed by atoms with Crippen molar-refractivity contribution >= 4 is 17.0 Å². The van der Waals surface area contributed by atoms with Crippen molar-refractivity contribution in [2.75, 3.05) is 6.54 Å². The lowest BCUT2D eigenvalue weighted by Gasteiger charge is -2.04. The third kappa shape index (κ3) is 4.05. The van der Waals surface area contributed by atoms with Crippen LogP contribution in [0.1, 0.15) is 24.4 Å². The quantitative estimate of drug-likeness (QED) is 0.655. The van der Waals surface area contributed by atoms with E-state index in [-0.39, 0.29) is 10.6 Å². The summed E-state index contributed by atoms with van der Waals surface area (Å²) in [6, 6.07) is 5.03. The van der Waals surface area contributed by atoms with Crippen LogP contribution >= 0.6 is 11.3 Å². The summed E-state index contributed by atoms with van der Waals surface area (Å²) < 4.78 is 0. The molecule has 112 valence electrons. The summed E-state index contributed by atoms with van der Waals surface area (Å²) in [7, 11) is 0. The van der Waals surface area contributed by atoms with E-state index in [9.17, 15) is 10.1 Å². The molecule has 0 aliphatic rings. The van der Waals surface area contributed by atoms with E-state index in [1.165, 1.54) is 17.4 Å². The number of hydrogen-bond donors (Lipinski definition) is 1. The first kappa shape index (κ1) is 15.5. The molecule has 0 atom stereocenters. The van der Waals surface area contributed by atoms with Crippen molar-refractivity contribution in [2.24, 2.45) is 5.92 Å². The Balaban J connectivity index is 2.21. The van der Waals surface area contributed by atoms with Crippen molar-refractivity contribution in [2.45, 2.75) is 27.3 Å². The molecule has 0 aliphatic carbocycles. The minimum Gasteiger partial charge on any atom is -0.310 e. The van der Waals surface area contributed by atoms with E-state index in [1.807, 2.05) is 6.92 Å². The van der Waals surface area contributed by atoms with Gasteiger partial charge in [-0.15, -0.1) is 10.2 Å². The molecule has 1 N–H and O–H groups in total. The number of hydrogen-bond acceptors (Lipinski definition) is 6. The third-order valence-electron chi connectivity index (χ3n) is 2.87. The molecule has 0 spiro atoms. The van der Waals surface area contributed by atoms with Gasteiger partial charge in [0, 0.05) is 12.6 Å². The lowest BCUT2D eigenvalue weighted by atomic mass is 10.1. The monoisotopic (exact) mass is 306 g/mol. The van der Waals surface area contributed by atoms with Gasteiger partial charge < -0.3 is 5.32 Å². The summed E-state index contributed by atoms with van der Waals surface area (Å²) in [5.41, 5.74) is 1.57. The normalized spacial score (nSPS) is 11.0. The highest BCUT2D eigenvalue weighted by Crippen LogP contribution is 2.32. The number of rotatable bonds is 6. The summed E-state index contributed by atoms with van der Waals surface area (Å²) >= 11 is 1.39. The van der Waals surface area contributed by atoms with Crippen molar-refractivity contribution in [3.05, 3.63) is 38.9 Å². The van der Waals surface area contributed by atoms with Crippen molar-refractivity contribution < 1.29 is 4.92 Å². The van der Waals surface area contributed by atoms with Crippen LogP contribution in [0.2, 0.25) is 0 Å². The highest BCUT2D eigenvalue weighted by molar-refractivity contribution is 7.14. The first-order valence-corrected chi connectivity index (χ1v) is 7.57. The van der Waals surface area contributed by atoms with Gasteiger partial charge in [-0.25, -0.2) is 0 Å². The standard InChI is InChI=1S/C14H18N4O2S/c1-9(2)7-15-8-13-16-17-14(21-13)11-6-10(3)4-5-12(11)18(19)20/h4-6,9,15H,7-8H2,1-3H3. The van der Waals surface area contributed by atoms with Crippen LogP contribution in [-0.4, -0.2) is 21.7 Å². The highest BCUT2D eigenvalue weighted by Gasteiger charge is 2.18. The van der Waals surface area contributed by atoms with Gasteiger partial charge in [-0.3, -0.25) is 10.1 Å². The fraction of sp³-hybridized carbons (Fsp3) is 0.429. The maximum Gasteiger partial charge on any atom is 0.279 e. The van der Waals surface area contributed by atoms with E-state index in [1.54, 1.807) is 12.1 Å². The van der Waals surface area contributed by atoms with Gasteiger partial charge in [-0.05, 0) is 31.0 Å². The molecule has 7 heteroatoms. The molecule has 0 saturated heterocycles. The Labute approximate surface area is 127 Å². The van der Waals surface area contributed by atoms with E-state index in [2.05, 4.69) is 29.4 Å². The predicted molar refractivity (Wildman–Crippen MR) is 83.3 cm³/mol. The zero-order chi connectivity index (χ0) is 15.4. The summed E-state index contributed by atoms with van der Waals surface area (Å²) in [4.78, 5) is 10.7. The molecule has 0 radical (unpaired) electrons. The Morgan fingerprint density at radius 3 is 2.81 bits per heavy atom. The molecule has 0 bridgehead atoms. The lowest BCUT2D eigenvalue weighted by molar-refractivity contribution is -0.384. The molecule has 1 aromatic carbocycles. The number of aromatic nitrogens is 2. The summed E-state index contributed by atoms with van der Waals surface area (Å²) in [6.07, 6.45) is 0. The number of nitro benzene ring substituents is 1. The molecule has 2 rings (SSSR count). The zero-order valence-electron chi connectivity index (χ0n) is 12.3. The SMILES string of the molecule is Cc1ccc([N+](=O)[O-])c(-c2nnc(CNCC(C)C)s2)c1. The fourth-order valence-electron chi connectivity index (χ4n) is 1.88. The molecule has 2 aromatic rings. The number of nitrogens with zero attached hydrogens (tertiary/aromatic N) is 3. The van der Waals surface area contributed by atoms with Gasteiger partial charge >= 0.3 is 0 Å². The Kier molecular flexibility index (Phi) is 4.98. The molecule has 1 aromatic heterocycles. The molecule has 0 saturated carbocycles. The molecule has 0 unspecified atom stereocenters. The van der Waals surface area contributed by atoms with E-state index < -0.39 is 0 Å². The van der Waals surface area contributed by atoms with Gasteiger partial charge in [0.2, 0.25) is 0 Å². The molecular formula is C14H18N4O2S. The molecular weight excluding hydrogens is 288 g/mol. The van der Waals surface area contributed by atoms with Crippen LogP contribution < -0.4 is 5.32 Å². The molecule has 1 heterocycles. The van der Waals surface area contributed by atoms with Crippen molar-refractivity contribution in [3.63, 3.8) is 0 Å². The second-order valence-electron chi connectivity index (χ2n) is 5.30. The predicted octanol–water partition coefficient (Wildman–Crippen LogP) is 3.17. The second kappa shape index (κ2) is 6.73. The average molecular weight is 306 g/mol. The number of aryl methyl sites for hydroxylation is 1. The van der Waals surface area contributed by atoms with Crippen molar-refractivity contribution in [1.29, 1.82) is 0 Å². The Bertz CT molecular complexity index is 640. The van der Waals surface area contributed by atoms with Crippen LogP contribution in [-0.2, 0) is 6.54 Å². The van der Waals surface area contributed by atoms with Gasteiger partial charge in [0.05, 0.1) is 10.5 Å². The van der Waals surface area contributed by atoms with Crippen molar-refractivity contribution in [1.82, 2.24) is 15.5 Å². The number of nitro groups is 1. The first-order valence-electron chi connectivity index (χ1n) is 6.76. The Morgan fingerprint density at radius 2 is 2.14 bits per heavy atom. The average Bonchev–Trinajstić information content (AvgIpc) is 2.86. The summed E-state index contributed by atoms with van der Waals surface area (Å²) in [5, 5.41) is 24.0. The molecule has 0 amide bonds. The molecule has 6 nitrogen and oxygen atoms in total. The first-order chi connectivity index (χ1) is 9.97. The van der Waals surface area contributed by atoms with Crippen LogP contribution in [0.5, 0.6) is 0 Å². The van der Waals surface area contributed by atoms with Crippen molar-refractivity contribution in [3.8, 4) is 10.6 Å². The summed E-state index contributed by atoms with van der Waals surface area (Å²) in [6.45, 7) is 7.71. The van der Waals surface area contributed by atoms with E-state index >= 15 is 0 Å². The van der Waals surface area contributed by atoms with Gasteiger partial charge in [-0.1, -0.05) is 31.3 Å². The van der Waals surface area contributed by atoms with Crippen LogP contribution in [0.4, 0.5) is 5.69 Å². The minimum atomic E-state index is -0.382. The number of benzene rings is 1. The molecule has 0 fully saturated rings. The Morgan fingerprint density at radius 1 is 1.38 bits per heavy atom. The fourth-order valence-corrected chi connectivity index (χ4v) is 2.72.